The molecule has 2 rings (SSSR count). The van der Waals surface area contributed by atoms with Crippen LogP contribution in [0.3, 0.4) is 0 Å². The molecule has 0 fully saturated rings. The quantitative estimate of drug-likeness (QED) is 0.928. The Kier molecular flexibility index (Phi) is 3.71. The zero-order chi connectivity index (χ0) is 15.0. The average molecular weight is 275 g/mol. The van der Waals surface area contributed by atoms with Crippen molar-refractivity contribution in [3.8, 4) is 0 Å². The van der Waals surface area contributed by atoms with Gasteiger partial charge in [-0.3, -0.25) is 0 Å². The number of aromatic nitrogens is 4. The number of nitrogens with one attached hydrogen (secondary N) is 1. The summed E-state index contributed by atoms with van der Waals surface area (Å²) in [6.45, 7) is 14.0. The molecule has 5 nitrogen and oxygen atoms in total. The number of hydrogen-bond acceptors (Lipinski definition) is 4. The van der Waals surface area contributed by atoms with Crippen molar-refractivity contribution < 1.29 is 0 Å². The van der Waals surface area contributed by atoms with Crippen LogP contribution in [-0.4, -0.2) is 25.1 Å². The third-order valence-electron chi connectivity index (χ3n) is 3.45. The SMILES string of the molecule is CCC(C)(C)Cn1cnc2c(NC(C)(C)C)ncnc21. The van der Waals surface area contributed by atoms with Gasteiger partial charge in [0.1, 0.15) is 11.8 Å². The Bertz CT molecular complexity index is 592. The van der Waals surface area contributed by atoms with Crippen molar-refractivity contribution in [1.29, 1.82) is 0 Å². The summed E-state index contributed by atoms with van der Waals surface area (Å²) in [7, 11) is 0. The first-order chi connectivity index (χ1) is 9.22. The lowest BCUT2D eigenvalue weighted by Gasteiger charge is -2.23. The number of nitrogens with zero attached hydrogens (tertiary/aromatic N) is 4. The summed E-state index contributed by atoms with van der Waals surface area (Å²) < 4.78 is 2.12. The van der Waals surface area contributed by atoms with E-state index in [1.54, 1.807) is 6.33 Å². The molecule has 0 amide bonds. The lowest BCUT2D eigenvalue weighted by atomic mass is 9.90. The number of anilines is 1. The van der Waals surface area contributed by atoms with Gasteiger partial charge in [-0.15, -0.1) is 0 Å². The van der Waals surface area contributed by atoms with E-state index in [2.05, 4.69) is 66.4 Å². The van der Waals surface area contributed by atoms with E-state index in [-0.39, 0.29) is 11.0 Å². The molecule has 0 unspecified atom stereocenters. The van der Waals surface area contributed by atoms with E-state index < -0.39 is 0 Å². The van der Waals surface area contributed by atoms with E-state index in [0.717, 1.165) is 29.9 Å². The summed E-state index contributed by atoms with van der Waals surface area (Å²) in [4.78, 5) is 13.2. The highest BCUT2D eigenvalue weighted by Gasteiger charge is 2.20. The molecule has 110 valence electrons. The molecule has 0 spiro atoms. The molecule has 0 aliphatic rings. The van der Waals surface area contributed by atoms with Crippen LogP contribution >= 0.6 is 0 Å². The molecule has 2 aromatic heterocycles. The Morgan fingerprint density at radius 2 is 1.80 bits per heavy atom. The van der Waals surface area contributed by atoms with E-state index in [1.807, 2.05) is 6.33 Å². The van der Waals surface area contributed by atoms with Gasteiger partial charge < -0.3 is 9.88 Å². The van der Waals surface area contributed by atoms with Gasteiger partial charge in [0.25, 0.3) is 0 Å². The summed E-state index contributed by atoms with van der Waals surface area (Å²) >= 11 is 0. The molecule has 1 N–H and O–H groups in total. The minimum atomic E-state index is -0.0479. The maximum atomic E-state index is 4.50. The largest absolute Gasteiger partial charge is 0.364 e. The van der Waals surface area contributed by atoms with Crippen LogP contribution in [0.4, 0.5) is 5.82 Å². The summed E-state index contributed by atoms with van der Waals surface area (Å²) in [6, 6.07) is 0. The maximum Gasteiger partial charge on any atom is 0.165 e. The summed E-state index contributed by atoms with van der Waals surface area (Å²) in [5, 5.41) is 3.39. The molecule has 0 radical (unpaired) electrons. The third kappa shape index (κ3) is 3.26. The van der Waals surface area contributed by atoms with E-state index in [4.69, 9.17) is 0 Å². The second-order valence-corrected chi connectivity index (χ2v) is 7.16. The average Bonchev–Trinajstić information content (AvgIpc) is 2.71. The fourth-order valence-corrected chi connectivity index (χ4v) is 2.02. The van der Waals surface area contributed by atoms with Crippen molar-refractivity contribution in [3.63, 3.8) is 0 Å². The van der Waals surface area contributed by atoms with Gasteiger partial charge >= 0.3 is 0 Å². The lowest BCUT2D eigenvalue weighted by molar-refractivity contribution is 0.297. The predicted molar refractivity (Wildman–Crippen MR) is 82.8 cm³/mol. The fraction of sp³-hybridized carbons (Fsp3) is 0.667. The molecule has 20 heavy (non-hydrogen) atoms. The first-order valence-electron chi connectivity index (χ1n) is 7.16. The second kappa shape index (κ2) is 5.04. The molecule has 2 heterocycles. The minimum absolute atomic E-state index is 0.0479. The molecule has 5 heteroatoms. The third-order valence-corrected chi connectivity index (χ3v) is 3.45. The highest BCUT2D eigenvalue weighted by Crippen LogP contribution is 2.26. The second-order valence-electron chi connectivity index (χ2n) is 7.16. The Labute approximate surface area is 120 Å². The Balaban J connectivity index is 2.40. The van der Waals surface area contributed by atoms with Crippen molar-refractivity contribution in [3.05, 3.63) is 12.7 Å². The van der Waals surface area contributed by atoms with Crippen molar-refractivity contribution in [1.82, 2.24) is 19.5 Å². The molecule has 0 aliphatic carbocycles. The van der Waals surface area contributed by atoms with Crippen molar-refractivity contribution in [2.75, 3.05) is 5.32 Å². The summed E-state index contributed by atoms with van der Waals surface area (Å²) in [5.41, 5.74) is 1.92. The van der Waals surface area contributed by atoms with Gasteiger partial charge in [-0.1, -0.05) is 20.8 Å². The zero-order valence-electron chi connectivity index (χ0n) is 13.4. The van der Waals surface area contributed by atoms with E-state index in [0.29, 0.717) is 0 Å². The van der Waals surface area contributed by atoms with E-state index >= 15 is 0 Å². The molecule has 0 saturated carbocycles. The fourth-order valence-electron chi connectivity index (χ4n) is 2.02. The first-order valence-corrected chi connectivity index (χ1v) is 7.16. The van der Waals surface area contributed by atoms with Gasteiger partial charge in [0.2, 0.25) is 0 Å². The Hall–Kier alpha value is -1.65. The van der Waals surface area contributed by atoms with Crippen LogP contribution in [0.2, 0.25) is 0 Å². The summed E-state index contributed by atoms with van der Waals surface area (Å²) in [6.07, 6.45) is 4.59. The normalized spacial score (nSPS) is 12.9. The van der Waals surface area contributed by atoms with E-state index in [9.17, 15) is 0 Å². The molecular weight excluding hydrogens is 250 g/mol. The minimum Gasteiger partial charge on any atom is -0.364 e. The monoisotopic (exact) mass is 275 g/mol. The van der Waals surface area contributed by atoms with Gasteiger partial charge in [-0.25, -0.2) is 15.0 Å². The number of fused-ring (bicyclic) bond motifs is 1. The molecule has 0 atom stereocenters. The predicted octanol–water partition coefficient (Wildman–Crippen LogP) is 3.47. The molecule has 2 aromatic rings. The van der Waals surface area contributed by atoms with Crippen LogP contribution in [0.25, 0.3) is 11.2 Å². The van der Waals surface area contributed by atoms with E-state index in [1.165, 1.54) is 0 Å². The highest BCUT2D eigenvalue weighted by molar-refractivity contribution is 5.82. The number of rotatable bonds is 4. The van der Waals surface area contributed by atoms with Crippen molar-refractivity contribution in [2.45, 2.75) is 60.0 Å². The summed E-state index contributed by atoms with van der Waals surface area (Å²) in [5.74, 6) is 0.801. The smallest absolute Gasteiger partial charge is 0.165 e. The van der Waals surface area contributed by atoms with Gasteiger partial charge in [0.15, 0.2) is 11.5 Å². The van der Waals surface area contributed by atoms with Crippen LogP contribution in [0.1, 0.15) is 48.0 Å². The van der Waals surface area contributed by atoms with Crippen LogP contribution in [0, 0.1) is 5.41 Å². The molecule has 0 aliphatic heterocycles. The Morgan fingerprint density at radius 3 is 2.40 bits per heavy atom. The molecular formula is C15H25N5. The van der Waals surface area contributed by atoms with Crippen LogP contribution < -0.4 is 5.32 Å². The lowest BCUT2D eigenvalue weighted by Crippen LogP contribution is -2.27. The molecule has 0 bridgehead atoms. The number of hydrogen-bond donors (Lipinski definition) is 1. The Morgan fingerprint density at radius 1 is 1.10 bits per heavy atom. The maximum absolute atomic E-state index is 4.50. The topological polar surface area (TPSA) is 55.6 Å². The standard InChI is InChI=1S/C15H25N5/c1-7-15(5,6)8-20-10-18-11-12(19-14(2,3)4)16-9-17-13(11)20/h9-10H,7-8H2,1-6H3,(H,16,17,19). The van der Waals surface area contributed by atoms with Crippen LogP contribution in [-0.2, 0) is 6.54 Å². The van der Waals surface area contributed by atoms with Gasteiger partial charge in [0, 0.05) is 12.1 Å². The molecule has 0 saturated heterocycles. The van der Waals surface area contributed by atoms with Crippen LogP contribution in [0.5, 0.6) is 0 Å². The zero-order valence-corrected chi connectivity index (χ0v) is 13.4. The highest BCUT2D eigenvalue weighted by atomic mass is 15.2. The number of imidazole rings is 1. The van der Waals surface area contributed by atoms with Gasteiger partial charge in [-0.05, 0) is 32.6 Å². The van der Waals surface area contributed by atoms with Gasteiger partial charge in [-0.2, -0.15) is 0 Å². The van der Waals surface area contributed by atoms with Gasteiger partial charge in [0.05, 0.1) is 6.33 Å². The van der Waals surface area contributed by atoms with Crippen LogP contribution in [0.15, 0.2) is 12.7 Å². The van der Waals surface area contributed by atoms with Crippen molar-refractivity contribution >= 4 is 17.0 Å². The first kappa shape index (κ1) is 14.8. The van der Waals surface area contributed by atoms with Crippen molar-refractivity contribution in [2.24, 2.45) is 5.41 Å². The molecule has 0 aromatic carbocycles.